The highest BCUT2D eigenvalue weighted by molar-refractivity contribution is 6.14. The number of benzene rings is 9. The minimum Gasteiger partial charge on any atom is -0.456 e. The van der Waals surface area contributed by atoms with E-state index in [1.807, 2.05) is 24.3 Å². The van der Waals surface area contributed by atoms with Crippen LogP contribution in [0.15, 0.2) is 206 Å². The first-order valence-corrected chi connectivity index (χ1v) is 25.0. The van der Waals surface area contributed by atoms with Crippen LogP contribution in [0.3, 0.4) is 0 Å². The van der Waals surface area contributed by atoms with Crippen molar-refractivity contribution in [3.63, 3.8) is 0 Å². The lowest BCUT2D eigenvalue weighted by atomic mass is 9.67. The molecule has 6 heteroatoms. The van der Waals surface area contributed by atoms with E-state index in [1.165, 1.54) is 21.9 Å². The number of para-hydroxylation sites is 5. The molecule has 2 atom stereocenters. The molecule has 16 rings (SSSR count). The van der Waals surface area contributed by atoms with Crippen LogP contribution >= 0.6 is 0 Å². The fraction of sp³-hybridized carbons (Fsp3) is 0.0909. The first-order chi connectivity index (χ1) is 35.5. The van der Waals surface area contributed by atoms with Crippen molar-refractivity contribution in [1.82, 2.24) is 0 Å². The maximum Gasteiger partial charge on any atom is 0.159 e. The number of allylic oxidation sites excluding steroid dienone is 2. The lowest BCUT2D eigenvalue weighted by molar-refractivity contribution is 0.555. The summed E-state index contributed by atoms with van der Waals surface area (Å²) in [5.41, 5.74) is 16.8. The number of fused-ring (bicyclic) bond motifs is 12. The van der Waals surface area contributed by atoms with Crippen molar-refractivity contribution in [2.24, 2.45) is 5.92 Å². The Bertz CT molecular complexity index is 4710. The van der Waals surface area contributed by atoms with Crippen LogP contribution in [0.25, 0.3) is 111 Å². The molecule has 0 fully saturated rings. The van der Waals surface area contributed by atoms with E-state index in [0.29, 0.717) is 0 Å². The predicted octanol–water partition coefficient (Wildman–Crippen LogP) is 16.9. The number of furan rings is 4. The molecule has 4 heterocycles. The molecule has 4 aromatic heterocycles. The van der Waals surface area contributed by atoms with Gasteiger partial charge in [-0.25, -0.2) is 0 Å². The molecule has 2 unspecified atom stereocenters. The Hall–Kier alpha value is -9.00. The lowest BCUT2D eigenvalue weighted by Gasteiger charge is -2.42. The topological polar surface area (TPSA) is 59.0 Å². The fourth-order valence-corrected chi connectivity index (χ4v) is 12.6. The van der Waals surface area contributed by atoms with E-state index >= 15 is 0 Å². The third-order valence-electron chi connectivity index (χ3n) is 16.0. The quantitative estimate of drug-likeness (QED) is 0.166. The van der Waals surface area contributed by atoms with E-state index < -0.39 is 0 Å². The molecule has 0 aliphatic heterocycles. The smallest absolute Gasteiger partial charge is 0.159 e. The summed E-state index contributed by atoms with van der Waals surface area (Å²) in [6.07, 6.45) is 11.4. The average Bonchev–Trinajstić information content (AvgIpc) is 4.20. The molecule has 6 nitrogen and oxygen atoms in total. The second-order valence-electron chi connectivity index (χ2n) is 20.2. The Kier molecular flexibility index (Phi) is 8.03. The van der Waals surface area contributed by atoms with Gasteiger partial charge in [-0.1, -0.05) is 141 Å². The van der Waals surface area contributed by atoms with Gasteiger partial charge in [0.1, 0.15) is 33.5 Å². The molecule has 0 N–H and O–H groups in total. The molecule has 72 heavy (non-hydrogen) atoms. The minimum atomic E-state index is -0.280. The zero-order valence-corrected chi connectivity index (χ0v) is 39.6. The first kappa shape index (κ1) is 39.8. The Morgan fingerprint density at radius 3 is 1.93 bits per heavy atom. The largest absolute Gasteiger partial charge is 0.456 e. The summed E-state index contributed by atoms with van der Waals surface area (Å²) in [6.45, 7) is 4.74. The van der Waals surface area contributed by atoms with Crippen molar-refractivity contribution in [2.75, 3.05) is 9.80 Å². The summed E-state index contributed by atoms with van der Waals surface area (Å²) in [5.74, 6) is 0.150. The second kappa shape index (κ2) is 14.5. The second-order valence-corrected chi connectivity index (χ2v) is 20.2. The molecule has 342 valence electrons. The fourth-order valence-electron chi connectivity index (χ4n) is 12.6. The molecule has 0 bridgehead atoms. The third-order valence-corrected chi connectivity index (χ3v) is 16.0. The van der Waals surface area contributed by atoms with Crippen molar-refractivity contribution in [1.29, 1.82) is 0 Å². The van der Waals surface area contributed by atoms with E-state index in [1.54, 1.807) is 0 Å². The average molecular weight is 929 g/mol. The van der Waals surface area contributed by atoms with Gasteiger partial charge in [0.25, 0.3) is 0 Å². The van der Waals surface area contributed by atoms with Crippen molar-refractivity contribution >= 4 is 134 Å². The van der Waals surface area contributed by atoms with Gasteiger partial charge in [0.15, 0.2) is 11.0 Å². The first-order valence-electron chi connectivity index (χ1n) is 25.0. The highest BCUT2D eigenvalue weighted by Crippen LogP contribution is 2.54. The maximum absolute atomic E-state index is 6.96. The molecule has 3 aliphatic carbocycles. The SMILES string of the molecule is CC1CC=c2c(oc3ccccc23)=C1N(C1=CCC2(C)C=Cc3c(N(c4ccc5oc6ccccc6c5c4)c4cccc5c4oc4ccccc45)ccc4ccc1c2c34)c1ccc2c(c1)oc1ccccc12. The molecule has 0 radical (unpaired) electrons. The summed E-state index contributed by atoms with van der Waals surface area (Å²) in [7, 11) is 0. The Morgan fingerprint density at radius 2 is 1.12 bits per heavy atom. The minimum absolute atomic E-state index is 0.150. The summed E-state index contributed by atoms with van der Waals surface area (Å²) in [5, 5.41) is 11.3. The third kappa shape index (κ3) is 5.49. The summed E-state index contributed by atoms with van der Waals surface area (Å²) < 4.78 is 26.8. The Labute approximate surface area is 412 Å². The molecular weight excluding hydrogens is 885 g/mol. The zero-order chi connectivity index (χ0) is 47.4. The van der Waals surface area contributed by atoms with Crippen LogP contribution in [0.5, 0.6) is 0 Å². The molecular formula is C66H44N2O4. The Morgan fingerprint density at radius 1 is 0.500 bits per heavy atom. The monoisotopic (exact) mass is 928 g/mol. The highest BCUT2D eigenvalue weighted by atomic mass is 16.3. The van der Waals surface area contributed by atoms with Gasteiger partial charge in [-0.3, -0.25) is 0 Å². The van der Waals surface area contributed by atoms with Crippen LogP contribution in [-0.2, 0) is 5.41 Å². The van der Waals surface area contributed by atoms with E-state index in [4.69, 9.17) is 17.7 Å². The Balaban J connectivity index is 0.960. The van der Waals surface area contributed by atoms with Crippen LogP contribution in [0, 0.1) is 5.92 Å². The van der Waals surface area contributed by atoms with Crippen LogP contribution in [0.1, 0.15) is 43.4 Å². The van der Waals surface area contributed by atoms with Crippen LogP contribution in [-0.4, -0.2) is 0 Å². The predicted molar refractivity (Wildman–Crippen MR) is 295 cm³/mol. The summed E-state index contributed by atoms with van der Waals surface area (Å²) >= 11 is 0. The van der Waals surface area contributed by atoms with Gasteiger partial charge in [0.2, 0.25) is 0 Å². The van der Waals surface area contributed by atoms with Gasteiger partial charge in [-0.05, 0) is 95.9 Å². The zero-order valence-electron chi connectivity index (χ0n) is 39.6. The molecule has 9 aromatic carbocycles. The number of hydrogen-bond donors (Lipinski definition) is 0. The maximum atomic E-state index is 6.96. The van der Waals surface area contributed by atoms with Crippen LogP contribution in [0.2, 0.25) is 0 Å². The van der Waals surface area contributed by atoms with Crippen molar-refractivity contribution in [3.05, 3.63) is 215 Å². The lowest BCUT2D eigenvalue weighted by Crippen LogP contribution is -2.39. The van der Waals surface area contributed by atoms with Gasteiger partial charge in [0.05, 0.1) is 17.1 Å². The molecule has 13 aromatic rings. The van der Waals surface area contributed by atoms with Gasteiger partial charge < -0.3 is 27.5 Å². The van der Waals surface area contributed by atoms with Gasteiger partial charge in [-0.2, -0.15) is 0 Å². The van der Waals surface area contributed by atoms with Crippen LogP contribution < -0.4 is 20.4 Å². The normalized spacial score (nSPS) is 17.2. The number of nitrogens with zero attached hydrogens (tertiary/aromatic N) is 2. The highest BCUT2D eigenvalue weighted by Gasteiger charge is 2.39. The van der Waals surface area contributed by atoms with Crippen molar-refractivity contribution < 1.29 is 17.7 Å². The standard InChI is InChI=1S/C66H44N2O4/c1-38-22-27-48-44-14-5-10-21-58(44)72-65(48)63(38)68(41-25-29-46-42-12-3-7-18-55(42)70-60(46)37-41)53-33-35-66(2)34-32-49-52(30-24-39-23-28-50(53)62(66)61(39)49)67(40-26-31-59-51(36-40)45-15-6-8-19-56(45)69-59)54-17-11-16-47-43-13-4-9-20-57(43)71-64(47)54/h3-21,23-34,36-38H,22,35H2,1-2H3. The summed E-state index contributed by atoms with van der Waals surface area (Å²) in [6, 6.07) is 62.5. The number of rotatable bonds is 6. The van der Waals surface area contributed by atoms with Crippen molar-refractivity contribution in [2.45, 2.75) is 32.1 Å². The van der Waals surface area contributed by atoms with E-state index in [-0.39, 0.29) is 11.3 Å². The van der Waals surface area contributed by atoms with Gasteiger partial charge >= 0.3 is 0 Å². The van der Waals surface area contributed by atoms with Gasteiger partial charge in [0, 0.05) is 88.5 Å². The van der Waals surface area contributed by atoms with Crippen molar-refractivity contribution in [3.8, 4) is 0 Å². The number of anilines is 4. The van der Waals surface area contributed by atoms with Crippen LogP contribution in [0.4, 0.5) is 22.7 Å². The molecule has 0 amide bonds. The summed E-state index contributed by atoms with van der Waals surface area (Å²) in [4.78, 5) is 4.91. The molecule has 3 aliphatic rings. The molecule has 0 spiro atoms. The number of hydrogen-bond acceptors (Lipinski definition) is 6. The van der Waals surface area contributed by atoms with E-state index in [2.05, 4.69) is 200 Å². The van der Waals surface area contributed by atoms with Gasteiger partial charge in [-0.15, -0.1) is 0 Å². The molecule has 0 saturated carbocycles. The van der Waals surface area contributed by atoms with E-state index in [0.717, 1.165) is 140 Å². The van der Waals surface area contributed by atoms with E-state index in [9.17, 15) is 0 Å². The molecule has 0 saturated heterocycles.